The van der Waals surface area contributed by atoms with Gasteiger partial charge in [-0.05, 0) is 24.8 Å². The SMILES string of the molecule is COC(=O)C(CNC(=O)[C@@H](N)C(C)C)Cc1cccc(C)c1. The second-order valence-corrected chi connectivity index (χ2v) is 5.93. The fraction of sp³-hybridized carbons (Fsp3) is 0.529. The normalized spacial score (nSPS) is 13.5. The van der Waals surface area contributed by atoms with Crippen molar-refractivity contribution in [3.63, 3.8) is 0 Å². The number of benzene rings is 1. The zero-order valence-electron chi connectivity index (χ0n) is 13.8. The Hall–Kier alpha value is -1.88. The van der Waals surface area contributed by atoms with Gasteiger partial charge in [-0.15, -0.1) is 0 Å². The van der Waals surface area contributed by atoms with Gasteiger partial charge in [0.25, 0.3) is 0 Å². The van der Waals surface area contributed by atoms with Crippen molar-refractivity contribution < 1.29 is 14.3 Å². The lowest BCUT2D eigenvalue weighted by Gasteiger charge is -2.19. The molecule has 1 amide bonds. The van der Waals surface area contributed by atoms with Crippen LogP contribution in [0.1, 0.15) is 25.0 Å². The minimum absolute atomic E-state index is 0.0494. The van der Waals surface area contributed by atoms with E-state index in [9.17, 15) is 9.59 Å². The number of esters is 1. The summed E-state index contributed by atoms with van der Waals surface area (Å²) in [6.45, 7) is 5.99. The molecule has 0 spiro atoms. The Balaban J connectivity index is 2.69. The molecule has 0 bridgehead atoms. The van der Waals surface area contributed by atoms with Crippen LogP contribution in [0.2, 0.25) is 0 Å². The van der Waals surface area contributed by atoms with Crippen molar-refractivity contribution in [1.82, 2.24) is 5.32 Å². The van der Waals surface area contributed by atoms with E-state index in [1.165, 1.54) is 7.11 Å². The zero-order chi connectivity index (χ0) is 16.7. The van der Waals surface area contributed by atoms with E-state index in [1.54, 1.807) is 0 Å². The van der Waals surface area contributed by atoms with Crippen LogP contribution in [0.4, 0.5) is 0 Å². The summed E-state index contributed by atoms with van der Waals surface area (Å²) in [5, 5.41) is 2.75. The van der Waals surface area contributed by atoms with E-state index >= 15 is 0 Å². The predicted molar refractivity (Wildman–Crippen MR) is 86.2 cm³/mol. The standard InChI is InChI=1S/C17H26N2O3/c1-11(2)15(18)16(20)19-10-14(17(21)22-4)9-13-7-5-6-12(3)8-13/h5-8,11,14-15H,9-10,18H2,1-4H3,(H,19,20)/t14?,15-/m0/s1. The molecule has 5 heteroatoms. The van der Waals surface area contributed by atoms with Gasteiger partial charge in [0.1, 0.15) is 0 Å². The summed E-state index contributed by atoms with van der Waals surface area (Å²) >= 11 is 0. The van der Waals surface area contributed by atoms with Crippen LogP contribution in [0, 0.1) is 18.8 Å². The van der Waals surface area contributed by atoms with E-state index in [2.05, 4.69) is 5.32 Å². The second-order valence-electron chi connectivity index (χ2n) is 5.93. The molecular formula is C17H26N2O3. The lowest BCUT2D eigenvalue weighted by Crippen LogP contribution is -2.46. The molecule has 22 heavy (non-hydrogen) atoms. The quantitative estimate of drug-likeness (QED) is 0.747. The number of rotatable bonds is 7. The summed E-state index contributed by atoms with van der Waals surface area (Å²) < 4.78 is 4.83. The maximum Gasteiger partial charge on any atom is 0.310 e. The molecule has 1 rings (SSSR count). The lowest BCUT2D eigenvalue weighted by atomic mass is 9.97. The Kier molecular flexibility index (Phi) is 7.05. The molecule has 0 aliphatic heterocycles. The summed E-state index contributed by atoms with van der Waals surface area (Å²) in [4.78, 5) is 23.8. The predicted octanol–water partition coefficient (Wildman–Crippen LogP) is 1.43. The van der Waals surface area contributed by atoms with Gasteiger partial charge >= 0.3 is 5.97 Å². The molecule has 5 nitrogen and oxygen atoms in total. The van der Waals surface area contributed by atoms with Gasteiger partial charge in [-0.25, -0.2) is 0 Å². The average Bonchev–Trinajstić information content (AvgIpc) is 2.49. The van der Waals surface area contributed by atoms with Gasteiger partial charge in [-0.2, -0.15) is 0 Å². The molecule has 0 aliphatic carbocycles. The fourth-order valence-electron chi connectivity index (χ4n) is 2.17. The Morgan fingerprint density at radius 2 is 2.00 bits per heavy atom. The number of hydrogen-bond donors (Lipinski definition) is 2. The molecule has 1 unspecified atom stereocenters. The summed E-state index contributed by atoms with van der Waals surface area (Å²) in [5.74, 6) is -0.948. The molecule has 0 saturated carbocycles. The van der Waals surface area contributed by atoms with Gasteiger partial charge in [-0.3, -0.25) is 9.59 Å². The number of ether oxygens (including phenoxy) is 1. The monoisotopic (exact) mass is 306 g/mol. The molecule has 0 saturated heterocycles. The van der Waals surface area contributed by atoms with Gasteiger partial charge in [0.2, 0.25) is 5.91 Å². The number of carbonyl (C=O) groups is 2. The maximum absolute atomic E-state index is 11.9. The summed E-state index contributed by atoms with van der Waals surface area (Å²) in [6, 6.07) is 7.37. The minimum atomic E-state index is -0.572. The summed E-state index contributed by atoms with van der Waals surface area (Å²) in [7, 11) is 1.35. The smallest absolute Gasteiger partial charge is 0.310 e. The first-order valence-electron chi connectivity index (χ1n) is 7.51. The second kappa shape index (κ2) is 8.54. The van der Waals surface area contributed by atoms with Crippen molar-refractivity contribution in [3.8, 4) is 0 Å². The Morgan fingerprint density at radius 1 is 1.32 bits per heavy atom. The topological polar surface area (TPSA) is 81.4 Å². The van der Waals surface area contributed by atoms with Crippen LogP contribution in [0.5, 0.6) is 0 Å². The number of carbonyl (C=O) groups excluding carboxylic acids is 2. The third-order valence-electron chi connectivity index (χ3n) is 3.64. The molecule has 1 aromatic rings. The third kappa shape index (κ3) is 5.48. The van der Waals surface area contributed by atoms with Crippen molar-refractivity contribution >= 4 is 11.9 Å². The lowest BCUT2D eigenvalue weighted by molar-refractivity contribution is -0.145. The Labute approximate surface area is 132 Å². The first-order chi connectivity index (χ1) is 10.3. The van der Waals surface area contributed by atoms with Crippen LogP contribution >= 0.6 is 0 Å². The Morgan fingerprint density at radius 3 is 2.55 bits per heavy atom. The average molecular weight is 306 g/mol. The van der Waals surface area contributed by atoms with Crippen molar-refractivity contribution in [1.29, 1.82) is 0 Å². The molecule has 1 aromatic carbocycles. The number of nitrogens with two attached hydrogens (primary N) is 1. The van der Waals surface area contributed by atoms with E-state index in [4.69, 9.17) is 10.5 Å². The third-order valence-corrected chi connectivity index (χ3v) is 3.64. The van der Waals surface area contributed by atoms with Gasteiger partial charge in [-0.1, -0.05) is 43.7 Å². The first kappa shape index (κ1) is 18.2. The van der Waals surface area contributed by atoms with Crippen molar-refractivity contribution in [2.24, 2.45) is 17.6 Å². The van der Waals surface area contributed by atoms with Crippen LogP contribution in [-0.4, -0.2) is 31.6 Å². The fourth-order valence-corrected chi connectivity index (χ4v) is 2.17. The van der Waals surface area contributed by atoms with Crippen LogP contribution in [0.15, 0.2) is 24.3 Å². The highest BCUT2D eigenvalue weighted by atomic mass is 16.5. The summed E-state index contributed by atoms with van der Waals surface area (Å²) in [6.07, 6.45) is 0.519. The van der Waals surface area contributed by atoms with E-state index < -0.39 is 12.0 Å². The van der Waals surface area contributed by atoms with Crippen LogP contribution < -0.4 is 11.1 Å². The first-order valence-corrected chi connectivity index (χ1v) is 7.51. The number of aryl methyl sites for hydroxylation is 1. The number of nitrogens with one attached hydrogen (secondary N) is 1. The van der Waals surface area contributed by atoms with E-state index in [1.807, 2.05) is 45.0 Å². The zero-order valence-corrected chi connectivity index (χ0v) is 13.8. The highest BCUT2D eigenvalue weighted by molar-refractivity contribution is 5.82. The number of hydrogen-bond acceptors (Lipinski definition) is 4. The molecule has 0 aliphatic rings. The molecule has 0 heterocycles. The molecule has 0 radical (unpaired) electrons. The van der Waals surface area contributed by atoms with Gasteiger partial charge in [0.05, 0.1) is 19.1 Å². The van der Waals surface area contributed by atoms with Crippen molar-refractivity contribution in [2.75, 3.05) is 13.7 Å². The molecule has 0 aromatic heterocycles. The van der Waals surface area contributed by atoms with Gasteiger partial charge in [0, 0.05) is 6.54 Å². The molecule has 3 N–H and O–H groups in total. The maximum atomic E-state index is 11.9. The van der Waals surface area contributed by atoms with Crippen LogP contribution in [0.3, 0.4) is 0 Å². The number of amides is 1. The highest BCUT2D eigenvalue weighted by Gasteiger charge is 2.23. The molecular weight excluding hydrogens is 280 g/mol. The van der Waals surface area contributed by atoms with Crippen molar-refractivity contribution in [2.45, 2.75) is 33.2 Å². The van der Waals surface area contributed by atoms with E-state index in [-0.39, 0.29) is 24.3 Å². The largest absolute Gasteiger partial charge is 0.469 e. The highest BCUT2D eigenvalue weighted by Crippen LogP contribution is 2.12. The van der Waals surface area contributed by atoms with Gasteiger partial charge in [0.15, 0.2) is 0 Å². The number of methoxy groups -OCH3 is 1. The van der Waals surface area contributed by atoms with Crippen LogP contribution in [0.25, 0.3) is 0 Å². The van der Waals surface area contributed by atoms with Crippen LogP contribution in [-0.2, 0) is 20.7 Å². The summed E-state index contributed by atoms with van der Waals surface area (Å²) in [5.41, 5.74) is 7.97. The minimum Gasteiger partial charge on any atom is -0.469 e. The molecule has 122 valence electrons. The molecule has 0 fully saturated rings. The van der Waals surface area contributed by atoms with Gasteiger partial charge < -0.3 is 15.8 Å². The van der Waals surface area contributed by atoms with E-state index in [0.29, 0.717) is 6.42 Å². The molecule has 2 atom stereocenters. The van der Waals surface area contributed by atoms with E-state index in [0.717, 1.165) is 11.1 Å². The van der Waals surface area contributed by atoms with Crippen molar-refractivity contribution in [3.05, 3.63) is 35.4 Å². The Bertz CT molecular complexity index is 514.